The molecular weight excluding hydrogens is 246 g/mol. The molecule has 0 fully saturated rings. The first-order valence-electron chi connectivity index (χ1n) is 5.98. The van der Waals surface area contributed by atoms with Crippen molar-refractivity contribution in [3.8, 4) is 11.8 Å². The van der Waals surface area contributed by atoms with Gasteiger partial charge >= 0.3 is 0 Å². The highest BCUT2D eigenvalue weighted by Gasteiger charge is 2.07. The van der Waals surface area contributed by atoms with Gasteiger partial charge in [-0.15, -0.1) is 0 Å². The molecule has 1 aromatic carbocycles. The molecule has 3 nitrogen and oxygen atoms in total. The van der Waals surface area contributed by atoms with E-state index in [1.54, 1.807) is 12.1 Å². The average molecular weight is 265 g/mol. The summed E-state index contributed by atoms with van der Waals surface area (Å²) in [5.41, 5.74) is 1.46. The molecule has 0 saturated heterocycles. The fourth-order valence-electron chi connectivity index (χ4n) is 1.54. The monoisotopic (exact) mass is 265 g/mol. The number of hydrogen-bond donors (Lipinski definition) is 0. The van der Waals surface area contributed by atoms with Gasteiger partial charge in [0, 0.05) is 22.3 Å². The smallest absolute Gasteiger partial charge is 0.136 e. The summed E-state index contributed by atoms with van der Waals surface area (Å²) >= 11 is 0. The van der Waals surface area contributed by atoms with Crippen LogP contribution in [0.1, 0.15) is 31.4 Å². The van der Waals surface area contributed by atoms with Crippen molar-refractivity contribution in [1.82, 2.24) is 0 Å². The van der Waals surface area contributed by atoms with Crippen LogP contribution in [0.5, 0.6) is 5.75 Å². The van der Waals surface area contributed by atoms with Crippen LogP contribution in [-0.4, -0.2) is 17.1 Å². The zero-order valence-electron chi connectivity index (χ0n) is 11.1. The van der Waals surface area contributed by atoms with Crippen molar-refractivity contribution in [1.29, 1.82) is 5.26 Å². The van der Waals surface area contributed by atoms with E-state index < -0.39 is 10.8 Å². The van der Waals surface area contributed by atoms with Gasteiger partial charge in [0.05, 0.1) is 12.7 Å². The third kappa shape index (κ3) is 4.50. The van der Waals surface area contributed by atoms with Crippen LogP contribution in [0, 0.1) is 17.2 Å². The standard InChI is InChI=1S/C14H19NO2S/c1-11(2)6-7-18(16)10-12-4-5-13(9-15)14(8-12)17-3/h4-5,8,11H,6-7,10H2,1-3H3. The quantitative estimate of drug-likeness (QED) is 0.794. The highest BCUT2D eigenvalue weighted by Crippen LogP contribution is 2.20. The molecule has 0 amide bonds. The molecular formula is C14H19NO2S. The molecule has 1 unspecified atom stereocenters. The normalized spacial score (nSPS) is 12.2. The maximum atomic E-state index is 11.9. The Balaban J connectivity index is 2.68. The van der Waals surface area contributed by atoms with Crippen molar-refractivity contribution in [2.24, 2.45) is 5.92 Å². The third-order valence-corrected chi connectivity index (χ3v) is 3.98. The Labute approximate surface area is 111 Å². The van der Waals surface area contributed by atoms with Gasteiger partial charge in [0.15, 0.2) is 0 Å². The second kappa shape index (κ2) is 7.17. The van der Waals surface area contributed by atoms with Crippen molar-refractivity contribution in [2.75, 3.05) is 12.9 Å². The van der Waals surface area contributed by atoms with E-state index in [-0.39, 0.29) is 0 Å². The minimum atomic E-state index is -0.849. The Bertz CT molecular complexity index is 463. The lowest BCUT2D eigenvalue weighted by molar-refractivity contribution is 0.413. The van der Waals surface area contributed by atoms with E-state index in [1.807, 2.05) is 6.07 Å². The predicted octanol–water partition coefficient (Wildman–Crippen LogP) is 2.86. The van der Waals surface area contributed by atoms with E-state index in [4.69, 9.17) is 10.00 Å². The highest BCUT2D eigenvalue weighted by molar-refractivity contribution is 7.84. The molecule has 0 radical (unpaired) electrons. The maximum Gasteiger partial charge on any atom is 0.136 e. The molecule has 0 aliphatic rings. The van der Waals surface area contributed by atoms with Crippen molar-refractivity contribution < 1.29 is 8.95 Å². The SMILES string of the molecule is COc1cc(CS(=O)CCC(C)C)ccc1C#N. The van der Waals surface area contributed by atoms with Gasteiger partial charge in [-0.25, -0.2) is 0 Å². The van der Waals surface area contributed by atoms with E-state index in [0.29, 0.717) is 23.0 Å². The lowest BCUT2D eigenvalue weighted by Gasteiger charge is -2.07. The molecule has 0 aromatic heterocycles. The van der Waals surface area contributed by atoms with Crippen molar-refractivity contribution in [2.45, 2.75) is 26.0 Å². The highest BCUT2D eigenvalue weighted by atomic mass is 32.2. The van der Waals surface area contributed by atoms with Gasteiger partial charge in [0.1, 0.15) is 11.8 Å². The Kier molecular flexibility index (Phi) is 5.87. The molecule has 0 aliphatic heterocycles. The molecule has 0 spiro atoms. The predicted molar refractivity (Wildman–Crippen MR) is 73.9 cm³/mol. The largest absolute Gasteiger partial charge is 0.495 e. The number of methoxy groups -OCH3 is 1. The number of nitriles is 1. The Hall–Kier alpha value is -1.34. The van der Waals surface area contributed by atoms with E-state index in [1.165, 1.54) is 7.11 Å². The first-order valence-corrected chi connectivity index (χ1v) is 7.47. The second-order valence-electron chi connectivity index (χ2n) is 4.62. The molecule has 0 N–H and O–H groups in total. The molecule has 0 bridgehead atoms. The number of ether oxygens (including phenoxy) is 1. The maximum absolute atomic E-state index is 11.9. The first-order chi connectivity index (χ1) is 8.56. The lowest BCUT2D eigenvalue weighted by Crippen LogP contribution is -2.04. The Morgan fingerprint density at radius 3 is 2.72 bits per heavy atom. The van der Waals surface area contributed by atoms with Gasteiger partial charge in [0.2, 0.25) is 0 Å². The molecule has 1 atom stereocenters. The Morgan fingerprint density at radius 1 is 1.44 bits per heavy atom. The van der Waals surface area contributed by atoms with Gasteiger partial charge in [-0.05, 0) is 30.0 Å². The van der Waals surface area contributed by atoms with Crippen LogP contribution in [-0.2, 0) is 16.6 Å². The summed E-state index contributed by atoms with van der Waals surface area (Å²) in [7, 11) is 0.689. The summed E-state index contributed by atoms with van der Waals surface area (Å²) in [5, 5.41) is 8.88. The minimum Gasteiger partial charge on any atom is -0.495 e. The number of nitrogens with zero attached hydrogens (tertiary/aromatic N) is 1. The summed E-state index contributed by atoms with van der Waals surface area (Å²) in [6.45, 7) is 4.25. The summed E-state index contributed by atoms with van der Waals surface area (Å²) in [6.07, 6.45) is 0.972. The number of benzene rings is 1. The van der Waals surface area contributed by atoms with Gasteiger partial charge in [0.25, 0.3) is 0 Å². The second-order valence-corrected chi connectivity index (χ2v) is 6.19. The summed E-state index contributed by atoms with van der Waals surface area (Å²) in [6, 6.07) is 7.42. The van der Waals surface area contributed by atoms with Gasteiger partial charge < -0.3 is 4.74 Å². The summed E-state index contributed by atoms with van der Waals surface area (Å²) < 4.78 is 17.0. The van der Waals surface area contributed by atoms with Crippen LogP contribution in [0.15, 0.2) is 18.2 Å². The molecule has 1 rings (SSSR count). The van der Waals surface area contributed by atoms with Crippen LogP contribution in [0.4, 0.5) is 0 Å². The summed E-state index contributed by atoms with van der Waals surface area (Å²) in [5.74, 6) is 2.37. The van der Waals surface area contributed by atoms with E-state index >= 15 is 0 Å². The van der Waals surface area contributed by atoms with Crippen LogP contribution >= 0.6 is 0 Å². The molecule has 4 heteroatoms. The number of hydrogen-bond acceptors (Lipinski definition) is 3. The molecule has 98 valence electrons. The minimum absolute atomic E-state index is 0.509. The molecule has 0 aliphatic carbocycles. The van der Waals surface area contributed by atoms with Crippen LogP contribution in [0.3, 0.4) is 0 Å². The van der Waals surface area contributed by atoms with E-state index in [2.05, 4.69) is 19.9 Å². The zero-order valence-corrected chi connectivity index (χ0v) is 11.9. The molecule has 0 saturated carbocycles. The Morgan fingerprint density at radius 2 is 2.17 bits per heavy atom. The fraction of sp³-hybridized carbons (Fsp3) is 0.500. The van der Waals surface area contributed by atoms with Crippen molar-refractivity contribution >= 4 is 10.8 Å². The van der Waals surface area contributed by atoms with Crippen LogP contribution < -0.4 is 4.74 Å². The van der Waals surface area contributed by atoms with Gasteiger partial charge in [-0.3, -0.25) is 4.21 Å². The summed E-state index contributed by atoms with van der Waals surface area (Å²) in [4.78, 5) is 0. The average Bonchev–Trinajstić information content (AvgIpc) is 2.36. The van der Waals surface area contributed by atoms with Crippen LogP contribution in [0.2, 0.25) is 0 Å². The fourth-order valence-corrected chi connectivity index (χ4v) is 2.97. The topological polar surface area (TPSA) is 50.1 Å². The van der Waals surface area contributed by atoms with Crippen molar-refractivity contribution in [3.05, 3.63) is 29.3 Å². The molecule has 1 aromatic rings. The van der Waals surface area contributed by atoms with E-state index in [9.17, 15) is 4.21 Å². The van der Waals surface area contributed by atoms with E-state index in [0.717, 1.165) is 17.7 Å². The third-order valence-electron chi connectivity index (χ3n) is 2.64. The molecule has 0 heterocycles. The molecule has 18 heavy (non-hydrogen) atoms. The van der Waals surface area contributed by atoms with Crippen molar-refractivity contribution in [3.63, 3.8) is 0 Å². The van der Waals surface area contributed by atoms with Crippen LogP contribution in [0.25, 0.3) is 0 Å². The lowest BCUT2D eigenvalue weighted by atomic mass is 10.1. The number of rotatable bonds is 6. The van der Waals surface area contributed by atoms with Gasteiger partial charge in [-0.2, -0.15) is 5.26 Å². The van der Waals surface area contributed by atoms with Gasteiger partial charge in [-0.1, -0.05) is 19.9 Å². The zero-order chi connectivity index (χ0) is 13.5. The first kappa shape index (κ1) is 14.7.